The molecular weight excluding hydrogens is 254 g/mol. The highest BCUT2D eigenvalue weighted by Crippen LogP contribution is 2.23. The third kappa shape index (κ3) is 2.31. The number of hydrogen-bond acceptors (Lipinski definition) is 3. The minimum Gasteiger partial charge on any atom is -0.430 e. The number of carbonyl (C=O) groups excluding carboxylic acids is 1. The zero-order valence-corrected chi connectivity index (χ0v) is 10.5. The van der Waals surface area contributed by atoms with E-state index in [0.29, 0.717) is 5.56 Å². The van der Waals surface area contributed by atoms with Gasteiger partial charge in [-0.2, -0.15) is 0 Å². The van der Waals surface area contributed by atoms with Gasteiger partial charge < -0.3 is 9.73 Å². The fraction of sp³-hybridized carbons (Fsp3) is 0. The van der Waals surface area contributed by atoms with Crippen molar-refractivity contribution < 1.29 is 9.21 Å². The van der Waals surface area contributed by atoms with Gasteiger partial charge in [-0.25, -0.2) is 4.79 Å². The maximum Gasteiger partial charge on any atom is 0.335 e. The Kier molecular flexibility index (Phi) is 3.05. The van der Waals surface area contributed by atoms with E-state index >= 15 is 0 Å². The number of nitrogens with one attached hydrogen (secondary N) is 1. The minimum absolute atomic E-state index is 0.303. The highest BCUT2D eigenvalue weighted by atomic mass is 16.4. The van der Waals surface area contributed by atoms with Gasteiger partial charge in [0.15, 0.2) is 0 Å². The Hall–Kier alpha value is -2.88. The first kappa shape index (κ1) is 12.2. The second-order valence-corrected chi connectivity index (χ2v) is 4.32. The predicted molar refractivity (Wildman–Crippen MR) is 76.9 cm³/mol. The number of fused-ring (bicyclic) bond motifs is 1. The monoisotopic (exact) mass is 265 g/mol. The normalized spacial score (nSPS) is 10.4. The summed E-state index contributed by atoms with van der Waals surface area (Å²) in [7, 11) is 0. The summed E-state index contributed by atoms with van der Waals surface area (Å²) in [5.41, 5.74) is 0.545. The van der Waals surface area contributed by atoms with Crippen molar-refractivity contribution in [1.82, 2.24) is 0 Å². The van der Waals surface area contributed by atoms with Crippen LogP contribution in [0.1, 0.15) is 10.4 Å². The molecule has 1 heterocycles. The van der Waals surface area contributed by atoms with E-state index < -0.39 is 5.63 Å². The van der Waals surface area contributed by atoms with Crippen molar-refractivity contribution in [2.75, 3.05) is 5.32 Å². The molecule has 0 aliphatic rings. The zero-order valence-electron chi connectivity index (χ0n) is 10.5. The lowest BCUT2D eigenvalue weighted by Crippen LogP contribution is -2.13. The lowest BCUT2D eigenvalue weighted by atomic mass is 10.1. The summed E-state index contributed by atoms with van der Waals surface area (Å²) in [6.07, 6.45) is 1.16. The van der Waals surface area contributed by atoms with E-state index in [1.165, 1.54) is 12.1 Å². The molecule has 1 N–H and O–H groups in total. The topological polar surface area (TPSA) is 59.3 Å². The second kappa shape index (κ2) is 5.01. The van der Waals surface area contributed by atoms with Crippen molar-refractivity contribution in [3.05, 3.63) is 76.8 Å². The van der Waals surface area contributed by atoms with Crippen LogP contribution in [0.3, 0.4) is 0 Å². The molecule has 0 radical (unpaired) electrons. The first-order valence-corrected chi connectivity index (χ1v) is 6.12. The molecule has 4 nitrogen and oxygen atoms in total. The maximum atomic E-state index is 12.1. The van der Waals surface area contributed by atoms with Gasteiger partial charge in [-0.1, -0.05) is 36.4 Å². The number of carbonyl (C=O) groups is 1. The molecule has 4 heteroatoms. The van der Waals surface area contributed by atoms with E-state index in [1.54, 1.807) is 0 Å². The Bertz CT molecular complexity index is 810. The van der Waals surface area contributed by atoms with E-state index in [1.807, 2.05) is 42.5 Å². The van der Waals surface area contributed by atoms with E-state index in [9.17, 15) is 9.59 Å². The van der Waals surface area contributed by atoms with Crippen LogP contribution in [-0.4, -0.2) is 5.91 Å². The van der Waals surface area contributed by atoms with Gasteiger partial charge in [0.1, 0.15) is 6.26 Å². The summed E-state index contributed by atoms with van der Waals surface area (Å²) in [4.78, 5) is 23.0. The van der Waals surface area contributed by atoms with Crippen LogP contribution in [0, 0.1) is 0 Å². The van der Waals surface area contributed by atoms with Gasteiger partial charge in [-0.3, -0.25) is 4.79 Å². The summed E-state index contributed by atoms with van der Waals surface area (Å²) in [6.45, 7) is 0. The Morgan fingerprint density at radius 2 is 1.75 bits per heavy atom. The molecule has 1 amide bonds. The first-order valence-electron chi connectivity index (χ1n) is 6.12. The van der Waals surface area contributed by atoms with E-state index in [2.05, 4.69) is 9.73 Å². The van der Waals surface area contributed by atoms with Crippen molar-refractivity contribution >= 4 is 22.4 Å². The second-order valence-electron chi connectivity index (χ2n) is 4.32. The summed E-state index contributed by atoms with van der Waals surface area (Å²) in [5.74, 6) is -0.315. The van der Waals surface area contributed by atoms with Crippen molar-refractivity contribution in [2.24, 2.45) is 0 Å². The first-order chi connectivity index (χ1) is 9.74. The molecule has 20 heavy (non-hydrogen) atoms. The molecule has 0 spiro atoms. The van der Waals surface area contributed by atoms with E-state index in [4.69, 9.17) is 0 Å². The van der Waals surface area contributed by atoms with E-state index in [-0.39, 0.29) is 5.91 Å². The zero-order chi connectivity index (χ0) is 13.9. The van der Waals surface area contributed by atoms with Crippen LogP contribution in [-0.2, 0) is 0 Å². The van der Waals surface area contributed by atoms with Crippen molar-refractivity contribution in [3.63, 3.8) is 0 Å². The van der Waals surface area contributed by atoms with Crippen molar-refractivity contribution in [2.45, 2.75) is 0 Å². The number of benzene rings is 2. The van der Waals surface area contributed by atoms with E-state index in [0.717, 1.165) is 22.7 Å². The predicted octanol–water partition coefficient (Wildman–Crippen LogP) is 3.05. The van der Waals surface area contributed by atoms with Crippen LogP contribution < -0.4 is 10.9 Å². The average Bonchev–Trinajstić information content (AvgIpc) is 2.48. The van der Waals surface area contributed by atoms with Gasteiger partial charge in [-0.05, 0) is 17.5 Å². The lowest BCUT2D eigenvalue weighted by Gasteiger charge is -2.08. The highest BCUT2D eigenvalue weighted by Gasteiger charge is 2.08. The molecule has 3 aromatic rings. The fourth-order valence-electron chi connectivity index (χ4n) is 2.02. The average molecular weight is 265 g/mol. The molecule has 0 unspecified atom stereocenters. The van der Waals surface area contributed by atoms with Crippen molar-refractivity contribution in [3.8, 4) is 0 Å². The van der Waals surface area contributed by atoms with Gasteiger partial charge in [0, 0.05) is 17.1 Å². The van der Waals surface area contributed by atoms with Crippen LogP contribution >= 0.6 is 0 Å². The summed E-state index contributed by atoms with van der Waals surface area (Å²) in [6, 6.07) is 16.1. The molecule has 0 bridgehead atoms. The molecule has 1 aromatic heterocycles. The van der Waals surface area contributed by atoms with Gasteiger partial charge in [-0.15, -0.1) is 0 Å². The molecule has 0 fully saturated rings. The Balaban J connectivity index is 1.95. The quantitative estimate of drug-likeness (QED) is 0.774. The van der Waals surface area contributed by atoms with Gasteiger partial charge >= 0.3 is 5.63 Å². The largest absolute Gasteiger partial charge is 0.430 e. The number of anilines is 1. The molecule has 0 atom stereocenters. The minimum atomic E-state index is -0.480. The Morgan fingerprint density at radius 3 is 2.55 bits per heavy atom. The number of rotatable bonds is 2. The van der Waals surface area contributed by atoms with Crippen LogP contribution in [0.25, 0.3) is 10.8 Å². The van der Waals surface area contributed by atoms with Crippen LogP contribution in [0.2, 0.25) is 0 Å². The fourth-order valence-corrected chi connectivity index (χ4v) is 2.02. The third-order valence-electron chi connectivity index (χ3n) is 3.00. The van der Waals surface area contributed by atoms with Gasteiger partial charge in [0.05, 0.1) is 5.56 Å². The SMILES string of the molecule is O=C(Nc1cccc2ccccc12)c1ccc(=O)oc1. The summed E-state index contributed by atoms with van der Waals surface area (Å²) >= 11 is 0. The molecule has 3 rings (SSSR count). The summed E-state index contributed by atoms with van der Waals surface area (Å²) in [5, 5.41) is 4.82. The number of amides is 1. The van der Waals surface area contributed by atoms with Gasteiger partial charge in [0.25, 0.3) is 5.91 Å². The summed E-state index contributed by atoms with van der Waals surface area (Å²) < 4.78 is 4.69. The standard InChI is InChI=1S/C16H11NO3/c18-15-9-8-12(10-20-15)16(19)17-14-7-3-5-11-4-1-2-6-13(11)14/h1-10H,(H,17,19). The third-order valence-corrected chi connectivity index (χ3v) is 3.00. The van der Waals surface area contributed by atoms with Crippen LogP contribution in [0.4, 0.5) is 5.69 Å². The lowest BCUT2D eigenvalue weighted by molar-refractivity contribution is 0.102. The Labute approximate surface area is 114 Å². The molecule has 0 saturated heterocycles. The number of hydrogen-bond donors (Lipinski definition) is 1. The maximum absolute atomic E-state index is 12.1. The highest BCUT2D eigenvalue weighted by molar-refractivity contribution is 6.08. The van der Waals surface area contributed by atoms with Crippen LogP contribution in [0.15, 0.2) is 70.1 Å². The molecule has 0 aliphatic heterocycles. The smallest absolute Gasteiger partial charge is 0.335 e. The molecule has 2 aromatic carbocycles. The molecule has 0 aliphatic carbocycles. The molecular formula is C16H11NO3. The van der Waals surface area contributed by atoms with Crippen LogP contribution in [0.5, 0.6) is 0 Å². The van der Waals surface area contributed by atoms with Gasteiger partial charge in [0.2, 0.25) is 0 Å². The molecule has 98 valence electrons. The molecule has 0 saturated carbocycles. The van der Waals surface area contributed by atoms with Crippen molar-refractivity contribution in [1.29, 1.82) is 0 Å². The Morgan fingerprint density at radius 1 is 0.950 bits per heavy atom.